The van der Waals surface area contributed by atoms with Crippen LogP contribution in [0, 0.1) is 20.8 Å². The van der Waals surface area contributed by atoms with Gasteiger partial charge >= 0.3 is 0 Å². The lowest BCUT2D eigenvalue weighted by molar-refractivity contribution is 0.414. The zero-order valence-corrected chi connectivity index (χ0v) is 59.4. The number of benzene rings is 13. The van der Waals surface area contributed by atoms with Crippen LogP contribution < -0.4 is 9.80 Å². The van der Waals surface area contributed by atoms with Crippen LogP contribution in [0.15, 0.2) is 273 Å². The second kappa shape index (κ2) is 25.5. The van der Waals surface area contributed by atoms with Gasteiger partial charge in [0.25, 0.3) is 0 Å². The molecule has 100 heavy (non-hydrogen) atoms. The lowest BCUT2D eigenvalue weighted by Gasteiger charge is -2.35. The molecular formula is C98H90N2. The lowest BCUT2D eigenvalue weighted by Crippen LogP contribution is -2.26. The summed E-state index contributed by atoms with van der Waals surface area (Å²) >= 11 is 0. The molecule has 0 heterocycles. The lowest BCUT2D eigenvalue weighted by atomic mass is 9.70. The van der Waals surface area contributed by atoms with Crippen molar-refractivity contribution in [1.29, 1.82) is 0 Å². The molecule has 13 aromatic carbocycles. The standard InChI is InChI=1S/C98H90N2/c1-8-12-55-96(56-13-9-2)91-59-65(5)35-49-83(91)85-52-46-74(62-93(85)96)100(75-47-53-86-84-50-36-66(6)60-92(84)97(57-14-10-3,58-15-11-4)94(86)63-75)73-45-51-77(67(7)61-73)69-37-41-71(42-38-69)99(72-43-39-70(40-44-72)79-31-24-26-68-25-16-17-27-78(68)79)76-48-54-87-82-30-20-23-34-90(82)98(95(87)64-76)88-32-21-18-28-80(88)81-29-19-22-33-89(81)98/h16-54,59-64H,8-15,55-58H2,1-7H3. The summed E-state index contributed by atoms with van der Waals surface area (Å²) in [5.74, 6) is 0. The Labute approximate surface area is 593 Å². The van der Waals surface area contributed by atoms with E-state index in [-0.39, 0.29) is 10.8 Å². The molecule has 17 rings (SSSR count). The Morgan fingerprint density at radius 3 is 1.02 bits per heavy atom. The van der Waals surface area contributed by atoms with Gasteiger partial charge in [0, 0.05) is 45.0 Å². The maximum atomic E-state index is 2.64. The molecule has 0 N–H and O–H groups in total. The van der Waals surface area contributed by atoms with Gasteiger partial charge in [0.2, 0.25) is 0 Å². The van der Waals surface area contributed by atoms with Crippen LogP contribution in [0.2, 0.25) is 0 Å². The second-order valence-electron chi connectivity index (χ2n) is 29.5. The highest BCUT2D eigenvalue weighted by molar-refractivity contribution is 5.99. The SMILES string of the molecule is CCCCC1(CCCC)c2cc(C)ccc2-c2ccc(N(c3ccc(-c4ccc(N(c5ccc(-c6cccc7ccccc67)cc5)c5ccc6c(c5)C5(c7ccccc7-c7ccccc75)c5ccccc5-6)cc4)c(C)c3)c3ccc4c(c3)C(CCCC)(CCCC)c3cc(C)ccc3-4)cc21. The molecule has 2 heteroatoms. The summed E-state index contributed by atoms with van der Waals surface area (Å²) in [6.07, 6.45) is 14.1. The highest BCUT2D eigenvalue weighted by Gasteiger charge is 2.52. The Kier molecular flexibility index (Phi) is 16.1. The van der Waals surface area contributed by atoms with Gasteiger partial charge in [-0.25, -0.2) is 0 Å². The number of hydrogen-bond donors (Lipinski definition) is 0. The average molecular weight is 1300 g/mol. The molecule has 0 aromatic heterocycles. The molecule has 0 fully saturated rings. The van der Waals surface area contributed by atoms with E-state index in [0.29, 0.717) is 0 Å². The van der Waals surface area contributed by atoms with Gasteiger partial charge in [0.15, 0.2) is 0 Å². The zero-order valence-electron chi connectivity index (χ0n) is 59.4. The molecule has 0 amide bonds. The van der Waals surface area contributed by atoms with Crippen LogP contribution in [0.25, 0.3) is 77.5 Å². The largest absolute Gasteiger partial charge is 0.310 e. The first-order chi connectivity index (χ1) is 49.1. The van der Waals surface area contributed by atoms with Gasteiger partial charge in [-0.05, 0) is 247 Å². The summed E-state index contributed by atoms with van der Waals surface area (Å²) in [4.78, 5) is 5.11. The summed E-state index contributed by atoms with van der Waals surface area (Å²) in [5.41, 5.74) is 37.5. The fourth-order valence-corrected chi connectivity index (χ4v) is 19.0. The van der Waals surface area contributed by atoms with E-state index >= 15 is 0 Å². The van der Waals surface area contributed by atoms with Crippen molar-refractivity contribution in [2.45, 2.75) is 142 Å². The van der Waals surface area contributed by atoms with Crippen LogP contribution in [0.5, 0.6) is 0 Å². The highest BCUT2D eigenvalue weighted by Crippen LogP contribution is 2.64. The predicted octanol–water partition coefficient (Wildman–Crippen LogP) is 27.7. The minimum Gasteiger partial charge on any atom is -0.310 e. The zero-order chi connectivity index (χ0) is 67.9. The number of rotatable bonds is 20. The number of anilines is 6. The van der Waals surface area contributed by atoms with E-state index in [9.17, 15) is 0 Å². The number of hydrogen-bond acceptors (Lipinski definition) is 2. The van der Waals surface area contributed by atoms with Crippen molar-refractivity contribution in [1.82, 2.24) is 0 Å². The van der Waals surface area contributed by atoms with Gasteiger partial charge in [-0.1, -0.05) is 290 Å². The fraction of sp³-hybridized carbons (Fsp3) is 0.224. The predicted molar refractivity (Wildman–Crippen MR) is 425 cm³/mol. The summed E-state index contributed by atoms with van der Waals surface area (Å²) in [5, 5.41) is 2.50. The van der Waals surface area contributed by atoms with E-state index in [2.05, 4.69) is 331 Å². The van der Waals surface area contributed by atoms with Crippen LogP contribution in [-0.2, 0) is 16.2 Å². The normalized spacial score (nSPS) is 14.1. The molecule has 13 aromatic rings. The molecule has 4 aliphatic rings. The molecule has 0 unspecified atom stereocenters. The van der Waals surface area contributed by atoms with Crippen molar-refractivity contribution in [3.05, 3.63) is 334 Å². The van der Waals surface area contributed by atoms with Crippen molar-refractivity contribution < 1.29 is 0 Å². The fourth-order valence-electron chi connectivity index (χ4n) is 19.0. The molecule has 0 saturated heterocycles. The number of aryl methyl sites for hydroxylation is 3. The molecule has 492 valence electrons. The maximum Gasteiger partial charge on any atom is 0.0726 e. The average Bonchev–Trinajstić information content (AvgIpc) is 1.51. The molecule has 0 aliphatic heterocycles. The van der Waals surface area contributed by atoms with Crippen LogP contribution in [0.1, 0.15) is 166 Å². The van der Waals surface area contributed by atoms with E-state index in [1.807, 2.05) is 0 Å². The smallest absolute Gasteiger partial charge is 0.0726 e. The summed E-state index contributed by atoms with van der Waals surface area (Å²) in [7, 11) is 0. The number of nitrogens with zero attached hydrogens (tertiary/aromatic N) is 2. The third kappa shape index (κ3) is 9.93. The Balaban J connectivity index is 0.800. The summed E-state index contributed by atoms with van der Waals surface area (Å²) < 4.78 is 0. The number of unbranched alkanes of at least 4 members (excludes halogenated alkanes) is 4. The van der Waals surface area contributed by atoms with Crippen molar-refractivity contribution >= 4 is 44.9 Å². The van der Waals surface area contributed by atoms with E-state index in [1.165, 1.54) is 207 Å². The summed E-state index contributed by atoms with van der Waals surface area (Å²) in [6.45, 7) is 16.4. The summed E-state index contributed by atoms with van der Waals surface area (Å²) in [6, 6.07) is 106. The van der Waals surface area contributed by atoms with E-state index in [4.69, 9.17) is 0 Å². The van der Waals surface area contributed by atoms with Gasteiger partial charge in [-0.2, -0.15) is 0 Å². The van der Waals surface area contributed by atoms with Crippen molar-refractivity contribution in [2.75, 3.05) is 9.80 Å². The minimum atomic E-state index is -0.471. The van der Waals surface area contributed by atoms with Crippen LogP contribution in [-0.4, -0.2) is 0 Å². The van der Waals surface area contributed by atoms with Gasteiger partial charge in [-0.3, -0.25) is 0 Å². The number of fused-ring (bicyclic) bond motifs is 17. The first-order valence-electron chi connectivity index (χ1n) is 37.5. The van der Waals surface area contributed by atoms with E-state index < -0.39 is 5.41 Å². The monoisotopic (exact) mass is 1290 g/mol. The maximum absolute atomic E-state index is 2.64. The molecule has 0 saturated carbocycles. The van der Waals surface area contributed by atoms with Crippen molar-refractivity contribution in [3.63, 3.8) is 0 Å². The van der Waals surface area contributed by atoms with Crippen LogP contribution in [0.3, 0.4) is 0 Å². The molecule has 2 nitrogen and oxygen atoms in total. The topological polar surface area (TPSA) is 6.48 Å². The molecule has 0 radical (unpaired) electrons. The van der Waals surface area contributed by atoms with Crippen LogP contribution >= 0.6 is 0 Å². The minimum absolute atomic E-state index is 0.0528. The van der Waals surface area contributed by atoms with Crippen molar-refractivity contribution in [2.24, 2.45) is 0 Å². The molecule has 0 bridgehead atoms. The molecular weight excluding hydrogens is 1210 g/mol. The quantitative estimate of drug-likeness (QED) is 0.0750. The Morgan fingerprint density at radius 1 is 0.250 bits per heavy atom. The third-order valence-corrected chi connectivity index (χ3v) is 23.7. The van der Waals surface area contributed by atoms with Crippen molar-refractivity contribution in [3.8, 4) is 66.8 Å². The van der Waals surface area contributed by atoms with Gasteiger partial charge < -0.3 is 9.80 Å². The first kappa shape index (κ1) is 63.2. The van der Waals surface area contributed by atoms with E-state index in [0.717, 1.165) is 42.7 Å². The van der Waals surface area contributed by atoms with Gasteiger partial charge in [0.05, 0.1) is 5.41 Å². The molecule has 4 aliphatic carbocycles. The Morgan fingerprint density at radius 2 is 0.570 bits per heavy atom. The van der Waals surface area contributed by atoms with Crippen LogP contribution in [0.4, 0.5) is 34.1 Å². The molecule has 0 atom stereocenters. The first-order valence-corrected chi connectivity index (χ1v) is 37.5. The van der Waals surface area contributed by atoms with Gasteiger partial charge in [0.1, 0.15) is 0 Å². The second-order valence-corrected chi connectivity index (χ2v) is 29.5. The highest BCUT2D eigenvalue weighted by atomic mass is 15.1. The third-order valence-electron chi connectivity index (χ3n) is 23.7. The Hall–Kier alpha value is -10.3. The Bertz CT molecular complexity index is 5100. The van der Waals surface area contributed by atoms with Gasteiger partial charge in [-0.15, -0.1) is 0 Å². The molecule has 1 spiro atoms. The van der Waals surface area contributed by atoms with E-state index in [1.54, 1.807) is 0 Å².